The molecule has 2 aromatic carbocycles. The summed E-state index contributed by atoms with van der Waals surface area (Å²) in [6.07, 6.45) is 7.40. The third-order valence-electron chi connectivity index (χ3n) is 4.35. The van der Waals surface area contributed by atoms with Crippen LogP contribution in [-0.4, -0.2) is 38.3 Å². The van der Waals surface area contributed by atoms with E-state index in [1.54, 1.807) is 12.3 Å². The molecular formula is C22H21Cl3N2O5. The fraction of sp³-hybridized carbons (Fsp3) is 0.227. The molecule has 1 atom stereocenters. The molecule has 0 fully saturated rings. The van der Waals surface area contributed by atoms with Gasteiger partial charge in [-0.05, 0) is 54.8 Å². The zero-order valence-corrected chi connectivity index (χ0v) is 19.1. The SMILES string of the molecule is Clc1ccc(OCCCC(Cn2ccnc2)c2ccc(Cl)cc2Cl)cc1.O=C(O)C(=O)O. The Bertz CT molecular complexity index is 999. The zero-order chi connectivity index (χ0) is 23.5. The maximum absolute atomic E-state index is 9.10. The molecule has 7 nitrogen and oxygen atoms in total. The average molecular weight is 500 g/mol. The van der Waals surface area contributed by atoms with Crippen molar-refractivity contribution in [3.63, 3.8) is 0 Å². The normalized spacial score (nSPS) is 11.2. The number of carbonyl (C=O) groups is 2. The van der Waals surface area contributed by atoms with Crippen molar-refractivity contribution in [3.05, 3.63) is 81.8 Å². The standard InChI is InChI=1S/C20H19Cl3N2O.C2H2O4/c21-16-3-6-18(7-4-16)26-11-1-2-15(13-25-10-9-24-14-25)19-8-5-17(22)12-20(19)23;3-1(4)2(5)6/h3-10,12,14-15H,1-2,11,13H2;(H,3,4)(H,5,6). The molecule has 0 aliphatic carbocycles. The highest BCUT2D eigenvalue weighted by atomic mass is 35.5. The van der Waals surface area contributed by atoms with E-state index in [0.717, 1.165) is 30.7 Å². The number of hydrogen-bond donors (Lipinski definition) is 2. The first-order chi connectivity index (χ1) is 15.3. The predicted octanol–water partition coefficient (Wildman–Crippen LogP) is 5.64. The first-order valence-electron chi connectivity index (χ1n) is 9.51. The fourth-order valence-corrected chi connectivity index (χ4v) is 3.57. The van der Waals surface area contributed by atoms with Gasteiger partial charge in [0.25, 0.3) is 0 Å². The Morgan fingerprint density at radius 2 is 1.66 bits per heavy atom. The van der Waals surface area contributed by atoms with E-state index in [9.17, 15) is 0 Å². The zero-order valence-electron chi connectivity index (χ0n) is 16.8. The lowest BCUT2D eigenvalue weighted by atomic mass is 9.94. The highest BCUT2D eigenvalue weighted by Gasteiger charge is 2.16. The molecule has 3 aromatic rings. The van der Waals surface area contributed by atoms with Crippen LogP contribution in [0.4, 0.5) is 0 Å². The number of aliphatic carboxylic acids is 2. The second-order valence-electron chi connectivity index (χ2n) is 6.68. The number of halogens is 3. The maximum Gasteiger partial charge on any atom is 0.414 e. The Labute approximate surface area is 200 Å². The van der Waals surface area contributed by atoms with E-state index in [2.05, 4.69) is 9.55 Å². The van der Waals surface area contributed by atoms with Crippen LogP contribution in [0.2, 0.25) is 15.1 Å². The smallest absolute Gasteiger partial charge is 0.414 e. The van der Waals surface area contributed by atoms with Crippen LogP contribution in [0.25, 0.3) is 0 Å². The van der Waals surface area contributed by atoms with Crippen molar-refractivity contribution in [1.82, 2.24) is 9.55 Å². The second-order valence-corrected chi connectivity index (χ2v) is 7.96. The van der Waals surface area contributed by atoms with Crippen LogP contribution in [0.1, 0.15) is 24.3 Å². The summed E-state index contributed by atoms with van der Waals surface area (Å²) < 4.78 is 7.87. The number of hydrogen-bond acceptors (Lipinski definition) is 4. The molecule has 0 aliphatic rings. The van der Waals surface area contributed by atoms with Gasteiger partial charge in [-0.1, -0.05) is 40.9 Å². The number of carboxylic acid groups (broad SMARTS) is 2. The molecule has 170 valence electrons. The minimum absolute atomic E-state index is 0.253. The van der Waals surface area contributed by atoms with Gasteiger partial charge in [0.1, 0.15) is 5.75 Å². The van der Waals surface area contributed by atoms with Crippen LogP contribution in [0.5, 0.6) is 5.75 Å². The van der Waals surface area contributed by atoms with Crippen LogP contribution in [-0.2, 0) is 16.1 Å². The van der Waals surface area contributed by atoms with Crippen molar-refractivity contribution < 1.29 is 24.5 Å². The first-order valence-corrected chi connectivity index (χ1v) is 10.6. The summed E-state index contributed by atoms with van der Waals surface area (Å²) in [7, 11) is 0. The quantitative estimate of drug-likeness (QED) is 0.307. The van der Waals surface area contributed by atoms with Crippen molar-refractivity contribution in [3.8, 4) is 5.75 Å². The summed E-state index contributed by atoms with van der Waals surface area (Å²) in [5.41, 5.74) is 1.09. The van der Waals surface area contributed by atoms with Crippen molar-refractivity contribution in [2.24, 2.45) is 0 Å². The molecule has 3 rings (SSSR count). The Balaban J connectivity index is 0.000000534. The van der Waals surface area contributed by atoms with E-state index < -0.39 is 11.9 Å². The largest absolute Gasteiger partial charge is 0.494 e. The third kappa shape index (κ3) is 8.78. The second kappa shape index (κ2) is 13.0. The number of nitrogens with zero attached hydrogens (tertiary/aromatic N) is 2. The molecular weight excluding hydrogens is 479 g/mol. The van der Waals surface area contributed by atoms with Gasteiger partial charge in [-0.25, -0.2) is 14.6 Å². The summed E-state index contributed by atoms with van der Waals surface area (Å²) in [6, 6.07) is 13.1. The van der Waals surface area contributed by atoms with Crippen molar-refractivity contribution >= 4 is 46.7 Å². The number of aromatic nitrogens is 2. The summed E-state index contributed by atoms with van der Waals surface area (Å²) in [4.78, 5) is 22.3. The van der Waals surface area contributed by atoms with Gasteiger partial charge in [-0.15, -0.1) is 0 Å². The van der Waals surface area contributed by atoms with Gasteiger partial charge in [0, 0.05) is 39.9 Å². The van der Waals surface area contributed by atoms with Crippen LogP contribution in [0.15, 0.2) is 61.2 Å². The van der Waals surface area contributed by atoms with Crippen LogP contribution < -0.4 is 4.74 Å². The molecule has 32 heavy (non-hydrogen) atoms. The summed E-state index contributed by atoms with van der Waals surface area (Å²) in [6.45, 7) is 1.44. The van der Waals surface area contributed by atoms with Crippen LogP contribution in [0, 0.1) is 0 Å². The lowest BCUT2D eigenvalue weighted by molar-refractivity contribution is -0.159. The van der Waals surface area contributed by atoms with E-state index >= 15 is 0 Å². The van der Waals surface area contributed by atoms with Gasteiger partial charge in [0.2, 0.25) is 0 Å². The Morgan fingerprint density at radius 1 is 1.00 bits per heavy atom. The molecule has 0 saturated carbocycles. The van der Waals surface area contributed by atoms with E-state index in [-0.39, 0.29) is 5.92 Å². The molecule has 0 spiro atoms. The van der Waals surface area contributed by atoms with E-state index in [0.29, 0.717) is 21.7 Å². The van der Waals surface area contributed by atoms with Crippen molar-refractivity contribution in [2.75, 3.05) is 6.61 Å². The third-order valence-corrected chi connectivity index (χ3v) is 5.17. The summed E-state index contributed by atoms with van der Waals surface area (Å²) in [5.74, 6) is -2.57. The Morgan fingerprint density at radius 3 is 2.22 bits per heavy atom. The van der Waals surface area contributed by atoms with Crippen molar-refractivity contribution in [2.45, 2.75) is 25.3 Å². The Kier molecular flexibility index (Phi) is 10.3. The van der Waals surface area contributed by atoms with Gasteiger partial charge in [0.15, 0.2) is 0 Å². The average Bonchev–Trinajstić information content (AvgIpc) is 3.25. The van der Waals surface area contributed by atoms with E-state index in [4.69, 9.17) is 59.3 Å². The summed E-state index contributed by atoms with van der Waals surface area (Å²) >= 11 is 18.4. The molecule has 1 heterocycles. The lowest BCUT2D eigenvalue weighted by Crippen LogP contribution is -2.10. The number of ether oxygens (including phenoxy) is 1. The molecule has 1 aromatic heterocycles. The molecule has 0 amide bonds. The Hall–Kier alpha value is -2.74. The fourth-order valence-electron chi connectivity index (χ4n) is 2.88. The highest BCUT2D eigenvalue weighted by molar-refractivity contribution is 6.35. The predicted molar refractivity (Wildman–Crippen MR) is 123 cm³/mol. The topological polar surface area (TPSA) is 102 Å². The number of imidazole rings is 1. The van der Waals surface area contributed by atoms with E-state index in [1.807, 2.05) is 48.9 Å². The lowest BCUT2D eigenvalue weighted by Gasteiger charge is -2.19. The molecule has 0 radical (unpaired) electrons. The number of carboxylic acids is 2. The molecule has 1 unspecified atom stereocenters. The first kappa shape index (κ1) is 25.5. The van der Waals surface area contributed by atoms with Gasteiger partial charge in [-0.2, -0.15) is 0 Å². The van der Waals surface area contributed by atoms with Gasteiger partial charge < -0.3 is 19.5 Å². The molecule has 0 bridgehead atoms. The molecule has 0 saturated heterocycles. The number of rotatable bonds is 8. The van der Waals surface area contributed by atoms with Crippen LogP contribution in [0.3, 0.4) is 0 Å². The van der Waals surface area contributed by atoms with Gasteiger partial charge in [-0.3, -0.25) is 0 Å². The van der Waals surface area contributed by atoms with Gasteiger partial charge >= 0.3 is 11.9 Å². The van der Waals surface area contributed by atoms with Crippen molar-refractivity contribution in [1.29, 1.82) is 0 Å². The minimum atomic E-state index is -1.82. The molecule has 0 aliphatic heterocycles. The minimum Gasteiger partial charge on any atom is -0.494 e. The van der Waals surface area contributed by atoms with Gasteiger partial charge in [0.05, 0.1) is 12.9 Å². The summed E-state index contributed by atoms with van der Waals surface area (Å²) in [5, 5.41) is 16.8. The molecule has 10 heteroatoms. The maximum atomic E-state index is 9.10. The van der Waals surface area contributed by atoms with Crippen LogP contribution >= 0.6 is 34.8 Å². The van der Waals surface area contributed by atoms with E-state index in [1.165, 1.54) is 0 Å². The molecule has 2 N–H and O–H groups in total. The number of benzene rings is 2. The highest BCUT2D eigenvalue weighted by Crippen LogP contribution is 2.31. The monoisotopic (exact) mass is 498 g/mol.